The third-order valence-corrected chi connectivity index (χ3v) is 6.29. The average molecular weight is 472 g/mol. The number of allylic oxidation sites excluding steroid dienone is 1. The number of rotatable bonds is 3. The van der Waals surface area contributed by atoms with Gasteiger partial charge >= 0.3 is 0 Å². The second-order valence-electron chi connectivity index (χ2n) is 8.36. The summed E-state index contributed by atoms with van der Waals surface area (Å²) >= 11 is 6.52. The van der Waals surface area contributed by atoms with Crippen LogP contribution in [0, 0.1) is 0 Å². The van der Waals surface area contributed by atoms with E-state index in [0.29, 0.717) is 0 Å². The Morgan fingerprint density at radius 2 is 1.17 bits per heavy atom. The van der Waals surface area contributed by atoms with Gasteiger partial charge in [-0.15, -0.1) is 6.58 Å². The molecule has 0 atom stereocenters. The molecule has 0 aliphatic heterocycles. The van der Waals surface area contributed by atoms with Crippen molar-refractivity contribution in [3.63, 3.8) is 0 Å². The zero-order valence-corrected chi connectivity index (χ0v) is 20.4. The average Bonchev–Trinajstić information content (AvgIpc) is 3.24. The molecular weight excluding hydrogens is 446 g/mol. The van der Waals surface area contributed by atoms with Crippen LogP contribution in [0.15, 0.2) is 134 Å². The SMILES string of the molecule is C=CC.Clc1ccc2c(c1)c1c(-c3ccccc3)ccc(-c3ccccc3)c1n2-c1ccccc1. The minimum Gasteiger partial charge on any atom is -0.309 e. The second-order valence-corrected chi connectivity index (χ2v) is 8.79. The van der Waals surface area contributed by atoms with E-state index in [9.17, 15) is 0 Å². The van der Waals surface area contributed by atoms with Gasteiger partial charge in [0.15, 0.2) is 0 Å². The number of hydrogen-bond donors (Lipinski definition) is 0. The van der Waals surface area contributed by atoms with Crippen LogP contribution < -0.4 is 0 Å². The lowest BCUT2D eigenvalue weighted by molar-refractivity contribution is 1.18. The molecule has 0 N–H and O–H groups in total. The van der Waals surface area contributed by atoms with Crippen molar-refractivity contribution in [3.05, 3.63) is 139 Å². The lowest BCUT2D eigenvalue weighted by atomic mass is 9.94. The molecule has 35 heavy (non-hydrogen) atoms. The lowest BCUT2D eigenvalue weighted by Crippen LogP contribution is -1.95. The molecule has 5 aromatic carbocycles. The van der Waals surface area contributed by atoms with E-state index in [0.717, 1.165) is 21.6 Å². The predicted octanol–water partition coefficient (Wildman–Crippen LogP) is 9.96. The van der Waals surface area contributed by atoms with Gasteiger partial charge in [0, 0.05) is 27.0 Å². The first-order chi connectivity index (χ1) is 17.2. The maximum Gasteiger partial charge on any atom is 0.0625 e. The van der Waals surface area contributed by atoms with Gasteiger partial charge in [-0.1, -0.05) is 109 Å². The predicted molar refractivity (Wildman–Crippen MR) is 153 cm³/mol. The Balaban J connectivity index is 0.000000806. The first-order valence-electron chi connectivity index (χ1n) is 11.7. The van der Waals surface area contributed by atoms with Gasteiger partial charge in [0.1, 0.15) is 0 Å². The summed E-state index contributed by atoms with van der Waals surface area (Å²) in [7, 11) is 0. The molecule has 0 saturated carbocycles. The summed E-state index contributed by atoms with van der Waals surface area (Å²) in [4.78, 5) is 0. The van der Waals surface area contributed by atoms with Gasteiger partial charge in [-0.2, -0.15) is 0 Å². The maximum atomic E-state index is 6.52. The molecule has 6 rings (SSSR count). The van der Waals surface area contributed by atoms with E-state index < -0.39 is 0 Å². The van der Waals surface area contributed by atoms with Crippen molar-refractivity contribution in [1.82, 2.24) is 4.57 Å². The van der Waals surface area contributed by atoms with Crippen LogP contribution >= 0.6 is 11.6 Å². The van der Waals surface area contributed by atoms with Crippen LogP contribution in [0.1, 0.15) is 6.92 Å². The highest BCUT2D eigenvalue weighted by Crippen LogP contribution is 2.43. The van der Waals surface area contributed by atoms with Crippen molar-refractivity contribution in [2.24, 2.45) is 0 Å². The fourth-order valence-corrected chi connectivity index (χ4v) is 4.85. The van der Waals surface area contributed by atoms with Gasteiger partial charge < -0.3 is 4.57 Å². The van der Waals surface area contributed by atoms with Crippen LogP contribution in [0.5, 0.6) is 0 Å². The number of nitrogens with zero attached hydrogens (tertiary/aromatic N) is 1. The molecule has 0 fully saturated rings. The molecular formula is C33H26ClN. The van der Waals surface area contributed by atoms with E-state index in [4.69, 9.17) is 11.6 Å². The Labute approximate surface area is 211 Å². The van der Waals surface area contributed by atoms with Crippen LogP contribution in [0.25, 0.3) is 49.7 Å². The molecule has 2 heteroatoms. The number of hydrogen-bond acceptors (Lipinski definition) is 0. The van der Waals surface area contributed by atoms with Crippen LogP contribution in [0.4, 0.5) is 0 Å². The van der Waals surface area contributed by atoms with Crippen molar-refractivity contribution in [3.8, 4) is 27.9 Å². The van der Waals surface area contributed by atoms with Gasteiger partial charge in [0.05, 0.1) is 11.0 Å². The largest absolute Gasteiger partial charge is 0.309 e. The fraction of sp³-hybridized carbons (Fsp3) is 0.0303. The van der Waals surface area contributed by atoms with Gasteiger partial charge in [-0.05, 0) is 53.9 Å². The number of halogens is 1. The molecule has 1 aromatic heterocycles. The van der Waals surface area contributed by atoms with Crippen molar-refractivity contribution in [1.29, 1.82) is 0 Å². The molecule has 1 nitrogen and oxygen atoms in total. The van der Waals surface area contributed by atoms with Crippen molar-refractivity contribution < 1.29 is 0 Å². The van der Waals surface area contributed by atoms with Gasteiger partial charge in [0.2, 0.25) is 0 Å². The summed E-state index contributed by atoms with van der Waals surface area (Å²) < 4.78 is 2.37. The van der Waals surface area contributed by atoms with E-state index in [1.165, 1.54) is 33.2 Å². The highest BCUT2D eigenvalue weighted by molar-refractivity contribution is 6.32. The minimum atomic E-state index is 0.744. The molecule has 0 unspecified atom stereocenters. The minimum absolute atomic E-state index is 0.744. The molecule has 0 radical (unpaired) electrons. The molecule has 0 bridgehead atoms. The Hall–Kier alpha value is -4.07. The second kappa shape index (κ2) is 10.0. The number of benzene rings is 5. The molecule has 0 aliphatic rings. The Kier molecular flexibility index (Phi) is 6.52. The van der Waals surface area contributed by atoms with Crippen LogP contribution in [0.2, 0.25) is 5.02 Å². The standard InChI is InChI=1S/C30H20ClN.C3H6/c31-23-16-19-28-27(20-23)29-25(21-10-4-1-5-11-21)17-18-26(22-12-6-2-7-13-22)30(29)32(28)24-14-8-3-9-15-24;1-3-2/h1-20H;3H,1H2,2H3. The molecule has 0 spiro atoms. The van der Waals surface area contributed by atoms with E-state index in [1.807, 2.05) is 13.0 Å². The molecule has 0 aliphatic carbocycles. The Bertz CT molecular complexity index is 1600. The fourth-order valence-electron chi connectivity index (χ4n) is 4.67. The van der Waals surface area contributed by atoms with Crippen molar-refractivity contribution in [2.75, 3.05) is 0 Å². The summed E-state index contributed by atoms with van der Waals surface area (Å²) in [6.45, 7) is 5.25. The lowest BCUT2D eigenvalue weighted by Gasteiger charge is -2.13. The highest BCUT2D eigenvalue weighted by atomic mass is 35.5. The van der Waals surface area contributed by atoms with Gasteiger partial charge in [-0.25, -0.2) is 0 Å². The van der Waals surface area contributed by atoms with Gasteiger partial charge in [0.25, 0.3) is 0 Å². The third-order valence-electron chi connectivity index (χ3n) is 6.05. The topological polar surface area (TPSA) is 4.93 Å². The maximum absolute atomic E-state index is 6.52. The third kappa shape index (κ3) is 4.27. The van der Waals surface area contributed by atoms with Crippen molar-refractivity contribution >= 4 is 33.4 Å². The van der Waals surface area contributed by atoms with Gasteiger partial charge in [-0.3, -0.25) is 0 Å². The number of aromatic nitrogens is 1. The first kappa shape index (κ1) is 22.7. The normalized spacial score (nSPS) is 10.7. The van der Waals surface area contributed by atoms with E-state index in [1.54, 1.807) is 6.08 Å². The quantitative estimate of drug-likeness (QED) is 0.226. The van der Waals surface area contributed by atoms with Crippen LogP contribution in [-0.4, -0.2) is 4.57 Å². The smallest absolute Gasteiger partial charge is 0.0625 e. The van der Waals surface area contributed by atoms with E-state index in [-0.39, 0.29) is 0 Å². The number of fused-ring (bicyclic) bond motifs is 3. The summed E-state index contributed by atoms with van der Waals surface area (Å²) in [5.41, 5.74) is 8.29. The van der Waals surface area contributed by atoms with Crippen molar-refractivity contribution in [2.45, 2.75) is 6.92 Å². The van der Waals surface area contributed by atoms with Crippen LogP contribution in [-0.2, 0) is 0 Å². The zero-order valence-electron chi connectivity index (χ0n) is 19.7. The molecule has 6 aromatic rings. The number of para-hydroxylation sites is 1. The summed E-state index contributed by atoms with van der Waals surface area (Å²) in [5, 5.41) is 3.13. The monoisotopic (exact) mass is 471 g/mol. The summed E-state index contributed by atoms with van der Waals surface area (Å²) in [6, 6.07) is 42.5. The van der Waals surface area contributed by atoms with Crippen LogP contribution in [0.3, 0.4) is 0 Å². The molecule has 0 amide bonds. The molecule has 0 saturated heterocycles. The summed E-state index contributed by atoms with van der Waals surface area (Å²) in [6.07, 6.45) is 1.75. The van der Waals surface area contributed by atoms with E-state index >= 15 is 0 Å². The summed E-state index contributed by atoms with van der Waals surface area (Å²) in [5.74, 6) is 0. The Morgan fingerprint density at radius 1 is 0.657 bits per heavy atom. The first-order valence-corrected chi connectivity index (χ1v) is 12.1. The zero-order chi connectivity index (χ0) is 24.2. The van der Waals surface area contributed by atoms with E-state index in [2.05, 4.69) is 126 Å². The highest BCUT2D eigenvalue weighted by Gasteiger charge is 2.20. The molecule has 1 heterocycles. The molecule has 170 valence electrons. The Morgan fingerprint density at radius 3 is 1.77 bits per heavy atom.